The highest BCUT2D eigenvalue weighted by Crippen LogP contribution is 2.13. The van der Waals surface area contributed by atoms with Crippen LogP contribution < -0.4 is 20.7 Å². The molecule has 0 aliphatic rings. The third-order valence-corrected chi connectivity index (χ3v) is 3.63. The van der Waals surface area contributed by atoms with Crippen molar-refractivity contribution >= 4 is 41.5 Å². The Labute approximate surface area is 183 Å². The number of methoxy groups -OCH3 is 1. The zero-order valence-electron chi connectivity index (χ0n) is 16.0. The van der Waals surface area contributed by atoms with E-state index in [4.69, 9.17) is 11.2 Å². The highest BCUT2D eigenvalue weighted by Gasteiger charge is 2.05. The number of carbonyl (C=O) groups excluding carboxylic acids is 1. The molecule has 1 amide bonds. The minimum Gasteiger partial charge on any atom is -0.497 e. The lowest BCUT2D eigenvalue weighted by atomic mass is 10.2. The standard InChI is InChI=1S/C21H24N4O2.HI/c1-4-16-8-6-10-18(12-16)25-20(26)15-24-21(22-5-2)23-14-17-9-7-11-19(13-17)27-3;/h1,6-13H,5,14-15H2,2-3H3,(H,25,26)(H2,22,23,24);1H. The van der Waals surface area contributed by atoms with Gasteiger partial charge in [-0.2, -0.15) is 0 Å². The Bertz CT molecular complexity index is 846. The SMILES string of the molecule is C#Cc1cccc(NC(=O)CNC(=NCc2cccc(OC)c2)NCC)c1.I. The van der Waals surface area contributed by atoms with Crippen molar-refractivity contribution < 1.29 is 9.53 Å². The van der Waals surface area contributed by atoms with Crippen LogP contribution in [-0.4, -0.2) is 32.1 Å². The fourth-order valence-corrected chi connectivity index (χ4v) is 2.34. The van der Waals surface area contributed by atoms with Gasteiger partial charge in [-0.05, 0) is 42.8 Å². The first-order valence-electron chi connectivity index (χ1n) is 8.66. The minimum absolute atomic E-state index is 0. The summed E-state index contributed by atoms with van der Waals surface area (Å²) in [5.74, 6) is 3.71. The fraction of sp³-hybridized carbons (Fsp3) is 0.238. The fourth-order valence-electron chi connectivity index (χ4n) is 2.34. The molecule has 7 heteroatoms. The first-order valence-corrected chi connectivity index (χ1v) is 8.66. The van der Waals surface area contributed by atoms with E-state index in [9.17, 15) is 4.79 Å². The second-order valence-electron chi connectivity index (χ2n) is 5.67. The van der Waals surface area contributed by atoms with Crippen LogP contribution in [0.25, 0.3) is 0 Å². The van der Waals surface area contributed by atoms with E-state index in [1.807, 2.05) is 37.3 Å². The summed E-state index contributed by atoms with van der Waals surface area (Å²) in [4.78, 5) is 16.7. The Kier molecular flexibility index (Phi) is 10.5. The molecule has 2 rings (SSSR count). The number of carbonyl (C=O) groups is 1. The number of nitrogens with zero attached hydrogens (tertiary/aromatic N) is 1. The Balaban J connectivity index is 0.00000392. The molecular formula is C21H25IN4O2. The summed E-state index contributed by atoms with van der Waals surface area (Å²) < 4.78 is 5.22. The van der Waals surface area contributed by atoms with Gasteiger partial charge in [-0.15, -0.1) is 30.4 Å². The van der Waals surface area contributed by atoms with E-state index in [-0.39, 0.29) is 36.4 Å². The predicted molar refractivity (Wildman–Crippen MR) is 124 cm³/mol. The van der Waals surface area contributed by atoms with Gasteiger partial charge in [0.05, 0.1) is 20.2 Å². The number of hydrogen-bond donors (Lipinski definition) is 3. The normalized spacial score (nSPS) is 10.2. The van der Waals surface area contributed by atoms with Crippen molar-refractivity contribution in [2.45, 2.75) is 13.5 Å². The summed E-state index contributed by atoms with van der Waals surface area (Å²) in [5.41, 5.74) is 2.40. The monoisotopic (exact) mass is 492 g/mol. The first kappa shape index (κ1) is 23.3. The molecule has 3 N–H and O–H groups in total. The zero-order chi connectivity index (χ0) is 19.5. The number of halogens is 1. The highest BCUT2D eigenvalue weighted by molar-refractivity contribution is 14.0. The van der Waals surface area contributed by atoms with Crippen molar-refractivity contribution in [3.63, 3.8) is 0 Å². The number of aliphatic imine (C=N–C) groups is 1. The number of guanidine groups is 1. The quantitative estimate of drug-likeness (QED) is 0.241. The number of terminal acetylenes is 1. The molecule has 0 fully saturated rings. The van der Waals surface area contributed by atoms with E-state index in [2.05, 4.69) is 26.9 Å². The second-order valence-corrected chi connectivity index (χ2v) is 5.67. The lowest BCUT2D eigenvalue weighted by Crippen LogP contribution is -2.41. The molecule has 2 aromatic carbocycles. The van der Waals surface area contributed by atoms with Crippen molar-refractivity contribution in [1.29, 1.82) is 0 Å². The Morgan fingerprint density at radius 2 is 1.96 bits per heavy atom. The lowest BCUT2D eigenvalue weighted by molar-refractivity contribution is -0.115. The molecule has 6 nitrogen and oxygen atoms in total. The van der Waals surface area contributed by atoms with Crippen LogP contribution >= 0.6 is 24.0 Å². The van der Waals surface area contributed by atoms with Crippen LogP contribution in [0.15, 0.2) is 53.5 Å². The van der Waals surface area contributed by atoms with Gasteiger partial charge in [0.25, 0.3) is 0 Å². The van der Waals surface area contributed by atoms with Gasteiger partial charge in [-0.3, -0.25) is 4.79 Å². The van der Waals surface area contributed by atoms with Crippen LogP contribution in [0.4, 0.5) is 5.69 Å². The largest absolute Gasteiger partial charge is 0.497 e. The van der Waals surface area contributed by atoms with Crippen molar-refractivity contribution in [2.75, 3.05) is 25.5 Å². The van der Waals surface area contributed by atoms with Gasteiger partial charge in [0.1, 0.15) is 5.75 Å². The second kappa shape index (κ2) is 12.6. The molecular weight excluding hydrogens is 467 g/mol. The molecule has 0 heterocycles. The molecule has 0 spiro atoms. The van der Waals surface area contributed by atoms with Gasteiger partial charge in [0, 0.05) is 17.8 Å². The van der Waals surface area contributed by atoms with Crippen molar-refractivity contribution in [3.8, 4) is 18.1 Å². The number of nitrogens with one attached hydrogen (secondary N) is 3. The minimum atomic E-state index is -0.184. The molecule has 2 aromatic rings. The number of anilines is 1. The summed E-state index contributed by atoms with van der Waals surface area (Å²) in [6.45, 7) is 3.21. The maximum atomic E-state index is 12.2. The number of hydrogen-bond acceptors (Lipinski definition) is 3. The first-order chi connectivity index (χ1) is 13.1. The number of ether oxygens (including phenoxy) is 1. The highest BCUT2D eigenvalue weighted by atomic mass is 127. The van der Waals surface area contributed by atoms with Gasteiger partial charge >= 0.3 is 0 Å². The summed E-state index contributed by atoms with van der Waals surface area (Å²) in [5, 5.41) is 8.95. The summed E-state index contributed by atoms with van der Waals surface area (Å²) in [6, 6.07) is 14.9. The number of amides is 1. The predicted octanol–water partition coefficient (Wildman–Crippen LogP) is 2.99. The molecule has 148 valence electrons. The van der Waals surface area contributed by atoms with Gasteiger partial charge < -0.3 is 20.7 Å². The van der Waals surface area contributed by atoms with Crippen LogP contribution in [0.3, 0.4) is 0 Å². The molecule has 0 aliphatic heterocycles. The average molecular weight is 492 g/mol. The average Bonchev–Trinajstić information content (AvgIpc) is 2.70. The van der Waals surface area contributed by atoms with Gasteiger partial charge in [-0.1, -0.05) is 24.1 Å². The topological polar surface area (TPSA) is 74.8 Å². The lowest BCUT2D eigenvalue weighted by Gasteiger charge is -2.12. The van der Waals surface area contributed by atoms with E-state index < -0.39 is 0 Å². The van der Waals surface area contributed by atoms with Crippen LogP contribution in [-0.2, 0) is 11.3 Å². The Hall–Kier alpha value is -2.73. The molecule has 0 saturated heterocycles. The summed E-state index contributed by atoms with van der Waals surface area (Å²) >= 11 is 0. The van der Waals surface area contributed by atoms with E-state index in [0.29, 0.717) is 30.3 Å². The maximum Gasteiger partial charge on any atom is 0.243 e. The van der Waals surface area contributed by atoms with Crippen LogP contribution in [0, 0.1) is 12.3 Å². The maximum absolute atomic E-state index is 12.2. The summed E-state index contributed by atoms with van der Waals surface area (Å²) in [7, 11) is 1.63. The summed E-state index contributed by atoms with van der Waals surface area (Å²) in [6.07, 6.45) is 5.37. The number of benzene rings is 2. The molecule has 0 atom stereocenters. The van der Waals surface area contributed by atoms with Crippen LogP contribution in [0.2, 0.25) is 0 Å². The zero-order valence-corrected chi connectivity index (χ0v) is 18.3. The number of rotatable bonds is 7. The molecule has 0 aromatic heterocycles. The van der Waals surface area contributed by atoms with E-state index >= 15 is 0 Å². The Morgan fingerprint density at radius 3 is 2.68 bits per heavy atom. The van der Waals surface area contributed by atoms with Crippen molar-refractivity contribution in [3.05, 3.63) is 59.7 Å². The molecule has 0 unspecified atom stereocenters. The molecule has 0 aliphatic carbocycles. The van der Waals surface area contributed by atoms with Gasteiger partial charge in [-0.25, -0.2) is 4.99 Å². The van der Waals surface area contributed by atoms with Crippen LogP contribution in [0.1, 0.15) is 18.1 Å². The third-order valence-electron chi connectivity index (χ3n) is 3.63. The van der Waals surface area contributed by atoms with E-state index in [1.54, 1.807) is 25.3 Å². The third kappa shape index (κ3) is 7.88. The molecule has 0 bridgehead atoms. The molecule has 28 heavy (non-hydrogen) atoms. The van der Waals surface area contributed by atoms with E-state index in [1.165, 1.54) is 0 Å². The Morgan fingerprint density at radius 1 is 1.18 bits per heavy atom. The van der Waals surface area contributed by atoms with Gasteiger partial charge in [0.15, 0.2) is 5.96 Å². The van der Waals surface area contributed by atoms with Crippen molar-refractivity contribution in [1.82, 2.24) is 10.6 Å². The van der Waals surface area contributed by atoms with E-state index in [0.717, 1.165) is 11.3 Å². The smallest absolute Gasteiger partial charge is 0.243 e. The molecule has 0 radical (unpaired) electrons. The van der Waals surface area contributed by atoms with Crippen LogP contribution in [0.5, 0.6) is 5.75 Å². The molecule has 0 saturated carbocycles. The van der Waals surface area contributed by atoms with Gasteiger partial charge in [0.2, 0.25) is 5.91 Å². The van der Waals surface area contributed by atoms with Crippen molar-refractivity contribution in [2.24, 2.45) is 4.99 Å².